The first kappa shape index (κ1) is 30.4. The maximum absolute atomic E-state index is 13.3. The summed E-state index contributed by atoms with van der Waals surface area (Å²) in [6, 6.07) is 17.8. The zero-order valence-corrected chi connectivity index (χ0v) is 25.0. The van der Waals surface area contributed by atoms with Gasteiger partial charge in [-0.2, -0.15) is 4.31 Å². The summed E-state index contributed by atoms with van der Waals surface area (Å²) in [5, 5.41) is 2.79. The van der Waals surface area contributed by atoms with Crippen LogP contribution in [0.2, 0.25) is 0 Å². The fourth-order valence-corrected chi connectivity index (χ4v) is 7.49. The van der Waals surface area contributed by atoms with Crippen molar-refractivity contribution >= 4 is 37.4 Å². The van der Waals surface area contributed by atoms with Crippen molar-refractivity contribution in [2.75, 3.05) is 11.3 Å². The van der Waals surface area contributed by atoms with Crippen molar-refractivity contribution in [1.29, 1.82) is 0 Å². The van der Waals surface area contributed by atoms with Gasteiger partial charge in [-0.25, -0.2) is 16.8 Å². The van der Waals surface area contributed by atoms with E-state index in [0.29, 0.717) is 24.1 Å². The highest BCUT2D eigenvalue weighted by molar-refractivity contribution is 7.92. The molecule has 1 amide bonds. The van der Waals surface area contributed by atoms with Crippen molar-refractivity contribution in [3.05, 3.63) is 89.5 Å². The van der Waals surface area contributed by atoms with Crippen LogP contribution in [0.4, 0.5) is 5.69 Å². The van der Waals surface area contributed by atoms with Crippen molar-refractivity contribution in [1.82, 2.24) is 9.62 Å². The Morgan fingerprint density at radius 3 is 1.98 bits per heavy atom. The number of ketones is 1. The van der Waals surface area contributed by atoms with Crippen LogP contribution in [0.5, 0.6) is 0 Å². The molecule has 1 saturated heterocycles. The van der Waals surface area contributed by atoms with E-state index in [1.54, 1.807) is 55.5 Å². The van der Waals surface area contributed by atoms with Crippen LogP contribution >= 0.6 is 0 Å². The number of anilines is 1. The molecule has 0 saturated carbocycles. The first-order valence-corrected chi connectivity index (χ1v) is 16.4. The van der Waals surface area contributed by atoms with Gasteiger partial charge < -0.3 is 5.32 Å². The number of hydrogen-bond donors (Lipinski definition) is 2. The Morgan fingerprint density at radius 1 is 0.854 bits per heavy atom. The minimum absolute atomic E-state index is 0.127. The van der Waals surface area contributed by atoms with Gasteiger partial charge in [0.15, 0.2) is 5.78 Å². The fourth-order valence-electron chi connectivity index (χ4n) is 4.77. The van der Waals surface area contributed by atoms with E-state index in [4.69, 9.17) is 0 Å². The second-order valence-electron chi connectivity index (χ2n) is 10.3. The molecule has 0 aromatic heterocycles. The van der Waals surface area contributed by atoms with Crippen molar-refractivity contribution in [2.24, 2.45) is 0 Å². The van der Waals surface area contributed by atoms with Gasteiger partial charge in [-0.15, -0.1) is 0 Å². The molecule has 11 heteroatoms. The standard InChI is InChI=1S/C30H35N3O6S2/c1-4-29(34)27(20-23-11-13-24(14-12-23)32-40(36,37)25-15-7-21(2)8-16-25)31-30(35)28-6-5-19-33(28)41(38,39)26-17-9-22(3)10-18-26/h7-18,27-28,32H,4-6,19-20H2,1-3H3,(H,31,35)/t27-,28-/m0/s1. The van der Waals surface area contributed by atoms with E-state index in [1.165, 1.54) is 28.6 Å². The third-order valence-corrected chi connectivity index (χ3v) is 10.5. The molecule has 1 heterocycles. The Bertz CT molecular complexity index is 1600. The Morgan fingerprint density at radius 2 is 1.41 bits per heavy atom. The second kappa shape index (κ2) is 12.5. The van der Waals surface area contributed by atoms with E-state index in [-0.39, 0.29) is 35.0 Å². The minimum Gasteiger partial charge on any atom is -0.345 e. The van der Waals surface area contributed by atoms with E-state index >= 15 is 0 Å². The average molecular weight is 598 g/mol. The zero-order chi connectivity index (χ0) is 29.8. The number of nitrogens with zero attached hydrogens (tertiary/aromatic N) is 1. The van der Waals surface area contributed by atoms with Gasteiger partial charge in [0.05, 0.1) is 15.8 Å². The van der Waals surface area contributed by atoms with Crippen molar-refractivity contribution in [2.45, 2.75) is 68.3 Å². The maximum atomic E-state index is 13.3. The SMILES string of the molecule is CCC(=O)[C@H](Cc1ccc(NS(=O)(=O)c2ccc(C)cc2)cc1)NC(=O)[C@@H]1CCCN1S(=O)(=O)c1ccc(C)cc1. The zero-order valence-electron chi connectivity index (χ0n) is 23.3. The molecular formula is C30H35N3O6S2. The predicted molar refractivity (Wildman–Crippen MR) is 157 cm³/mol. The van der Waals surface area contributed by atoms with Gasteiger partial charge in [0.2, 0.25) is 15.9 Å². The van der Waals surface area contributed by atoms with Gasteiger partial charge in [0.25, 0.3) is 10.0 Å². The largest absolute Gasteiger partial charge is 0.345 e. The van der Waals surface area contributed by atoms with Crippen LogP contribution in [0.1, 0.15) is 42.9 Å². The quantitative estimate of drug-likeness (QED) is 0.344. The van der Waals surface area contributed by atoms with Crippen molar-refractivity contribution < 1.29 is 26.4 Å². The molecule has 0 aliphatic carbocycles. The number of rotatable bonds is 11. The molecule has 3 aromatic rings. The van der Waals surface area contributed by atoms with E-state index < -0.39 is 38.0 Å². The Balaban J connectivity index is 1.45. The van der Waals surface area contributed by atoms with Gasteiger partial charge in [-0.05, 0) is 75.1 Å². The Labute approximate surface area is 242 Å². The molecule has 3 aromatic carbocycles. The summed E-state index contributed by atoms with van der Waals surface area (Å²) in [6.45, 7) is 5.66. The lowest BCUT2D eigenvalue weighted by atomic mass is 10.00. The van der Waals surface area contributed by atoms with Crippen LogP contribution in [0, 0.1) is 13.8 Å². The third-order valence-electron chi connectivity index (χ3n) is 7.16. The smallest absolute Gasteiger partial charge is 0.261 e. The van der Waals surface area contributed by atoms with E-state index in [0.717, 1.165) is 11.1 Å². The lowest BCUT2D eigenvalue weighted by Crippen LogP contribution is -2.51. The number of hydrogen-bond acceptors (Lipinski definition) is 6. The molecule has 0 radical (unpaired) electrons. The molecule has 4 rings (SSSR count). The van der Waals surface area contributed by atoms with E-state index in [1.807, 2.05) is 13.8 Å². The van der Waals surface area contributed by atoms with E-state index in [9.17, 15) is 26.4 Å². The Kier molecular flexibility index (Phi) is 9.31. The molecule has 218 valence electrons. The number of sulfonamides is 2. The molecule has 0 bridgehead atoms. The van der Waals surface area contributed by atoms with Crippen LogP contribution in [0.25, 0.3) is 0 Å². The summed E-state index contributed by atoms with van der Waals surface area (Å²) in [5.41, 5.74) is 2.95. The van der Waals surface area contributed by atoms with Crippen LogP contribution in [-0.2, 0) is 36.1 Å². The molecule has 2 N–H and O–H groups in total. The first-order valence-electron chi connectivity index (χ1n) is 13.5. The first-order chi connectivity index (χ1) is 19.4. The highest BCUT2D eigenvalue weighted by atomic mass is 32.2. The van der Waals surface area contributed by atoms with Gasteiger partial charge >= 0.3 is 0 Å². The van der Waals surface area contributed by atoms with Crippen molar-refractivity contribution in [3.63, 3.8) is 0 Å². The maximum Gasteiger partial charge on any atom is 0.261 e. The van der Waals surface area contributed by atoms with Gasteiger partial charge in [-0.3, -0.25) is 14.3 Å². The molecule has 0 unspecified atom stereocenters. The number of amides is 1. The summed E-state index contributed by atoms with van der Waals surface area (Å²) in [5.74, 6) is -0.694. The number of carbonyl (C=O) groups excluding carboxylic acids is 2. The number of nitrogens with one attached hydrogen (secondary N) is 2. The summed E-state index contributed by atoms with van der Waals surface area (Å²) >= 11 is 0. The Hall–Kier alpha value is -3.54. The summed E-state index contributed by atoms with van der Waals surface area (Å²) in [6.07, 6.45) is 1.27. The highest BCUT2D eigenvalue weighted by Crippen LogP contribution is 2.27. The number of aryl methyl sites for hydroxylation is 2. The third kappa shape index (κ3) is 7.22. The van der Waals surface area contributed by atoms with Crippen LogP contribution in [0.15, 0.2) is 82.6 Å². The molecule has 0 spiro atoms. The average Bonchev–Trinajstić information content (AvgIpc) is 3.45. The summed E-state index contributed by atoms with van der Waals surface area (Å²) in [4.78, 5) is 26.4. The number of Topliss-reactive ketones (excluding diaryl/α,β-unsaturated/α-hetero) is 1. The van der Waals surface area contributed by atoms with Crippen LogP contribution < -0.4 is 10.0 Å². The number of carbonyl (C=O) groups is 2. The van der Waals surface area contributed by atoms with Crippen LogP contribution in [0.3, 0.4) is 0 Å². The summed E-state index contributed by atoms with van der Waals surface area (Å²) < 4.78 is 55.8. The topological polar surface area (TPSA) is 130 Å². The fraction of sp³-hybridized carbons (Fsp3) is 0.333. The molecule has 1 aliphatic heterocycles. The minimum atomic E-state index is -3.88. The normalized spacial score (nSPS) is 16.7. The highest BCUT2D eigenvalue weighted by Gasteiger charge is 2.40. The molecule has 9 nitrogen and oxygen atoms in total. The van der Waals surface area contributed by atoms with Gasteiger partial charge in [-0.1, -0.05) is 54.4 Å². The number of benzene rings is 3. The molecular weight excluding hydrogens is 562 g/mol. The summed E-state index contributed by atoms with van der Waals surface area (Å²) in [7, 11) is -7.64. The second-order valence-corrected chi connectivity index (χ2v) is 13.9. The monoisotopic (exact) mass is 597 g/mol. The molecule has 1 fully saturated rings. The van der Waals surface area contributed by atoms with E-state index in [2.05, 4.69) is 10.0 Å². The van der Waals surface area contributed by atoms with Crippen LogP contribution in [-0.4, -0.2) is 51.5 Å². The predicted octanol–water partition coefficient (Wildman–Crippen LogP) is 3.96. The molecule has 41 heavy (non-hydrogen) atoms. The molecule has 1 aliphatic rings. The molecule has 2 atom stereocenters. The van der Waals surface area contributed by atoms with Gasteiger partial charge in [0.1, 0.15) is 6.04 Å². The lowest BCUT2D eigenvalue weighted by molar-refractivity contribution is -0.129. The van der Waals surface area contributed by atoms with Crippen molar-refractivity contribution in [3.8, 4) is 0 Å². The van der Waals surface area contributed by atoms with Gasteiger partial charge in [0, 0.05) is 18.7 Å². The lowest BCUT2D eigenvalue weighted by Gasteiger charge is -2.26.